The maximum absolute atomic E-state index is 12.2. The third kappa shape index (κ3) is 2.35. The van der Waals surface area contributed by atoms with Gasteiger partial charge >= 0.3 is 6.18 Å². The summed E-state index contributed by atoms with van der Waals surface area (Å²) in [6.45, 7) is 0. The number of alkyl halides is 3. The van der Waals surface area contributed by atoms with Crippen LogP contribution in [0.25, 0.3) is 0 Å². The average molecular weight is 182 g/mol. The SMILES string of the molecule is NC1CC(N)CC(C(F)(F)F)C1. The van der Waals surface area contributed by atoms with Gasteiger partial charge in [0.2, 0.25) is 0 Å². The molecular weight excluding hydrogens is 169 g/mol. The first kappa shape index (κ1) is 9.80. The maximum atomic E-state index is 12.2. The lowest BCUT2D eigenvalue weighted by Crippen LogP contribution is -2.44. The quantitative estimate of drug-likeness (QED) is 0.587. The van der Waals surface area contributed by atoms with E-state index in [2.05, 4.69) is 0 Å². The highest BCUT2D eigenvalue weighted by atomic mass is 19.4. The van der Waals surface area contributed by atoms with Gasteiger partial charge in [-0.3, -0.25) is 0 Å². The Kier molecular flexibility index (Phi) is 2.63. The normalized spacial score (nSPS) is 38.2. The second-order valence-electron chi connectivity index (χ2n) is 3.47. The smallest absolute Gasteiger partial charge is 0.328 e. The van der Waals surface area contributed by atoms with Gasteiger partial charge in [0.1, 0.15) is 0 Å². The third-order valence-electron chi connectivity index (χ3n) is 2.24. The van der Waals surface area contributed by atoms with Gasteiger partial charge in [-0.15, -0.1) is 0 Å². The minimum atomic E-state index is -4.13. The van der Waals surface area contributed by atoms with Crippen molar-refractivity contribution in [3.8, 4) is 0 Å². The van der Waals surface area contributed by atoms with Gasteiger partial charge in [-0.25, -0.2) is 0 Å². The van der Waals surface area contributed by atoms with Crippen LogP contribution in [0, 0.1) is 5.92 Å². The van der Waals surface area contributed by atoms with Crippen molar-refractivity contribution in [2.45, 2.75) is 37.5 Å². The zero-order valence-electron chi connectivity index (χ0n) is 6.64. The lowest BCUT2D eigenvalue weighted by molar-refractivity contribution is -0.184. The van der Waals surface area contributed by atoms with Crippen LogP contribution >= 0.6 is 0 Å². The van der Waals surface area contributed by atoms with E-state index in [-0.39, 0.29) is 24.9 Å². The van der Waals surface area contributed by atoms with Crippen molar-refractivity contribution < 1.29 is 13.2 Å². The zero-order valence-corrected chi connectivity index (χ0v) is 6.64. The molecule has 2 atom stereocenters. The number of hydrogen-bond acceptors (Lipinski definition) is 2. The molecule has 0 amide bonds. The largest absolute Gasteiger partial charge is 0.391 e. The minimum absolute atomic E-state index is 0.0250. The summed E-state index contributed by atoms with van der Waals surface area (Å²) in [6.07, 6.45) is -3.57. The molecule has 1 aliphatic rings. The highest BCUT2D eigenvalue weighted by Crippen LogP contribution is 2.36. The Morgan fingerprint density at radius 3 is 1.67 bits per heavy atom. The molecule has 0 saturated heterocycles. The van der Waals surface area contributed by atoms with Crippen LogP contribution in [-0.2, 0) is 0 Å². The zero-order chi connectivity index (χ0) is 9.35. The standard InChI is InChI=1S/C7H13F3N2/c8-7(9,10)4-1-5(11)3-6(12)2-4/h4-6H,1-3,11-12H2. The summed E-state index contributed by atoms with van der Waals surface area (Å²) in [5, 5.41) is 0. The summed E-state index contributed by atoms with van der Waals surface area (Å²) in [5.41, 5.74) is 10.9. The van der Waals surface area contributed by atoms with Crippen LogP contribution in [0.3, 0.4) is 0 Å². The molecule has 1 rings (SSSR count). The van der Waals surface area contributed by atoms with Crippen LogP contribution in [0.1, 0.15) is 19.3 Å². The first-order valence-corrected chi connectivity index (χ1v) is 3.97. The van der Waals surface area contributed by atoms with Crippen molar-refractivity contribution in [3.63, 3.8) is 0 Å². The fourth-order valence-electron chi connectivity index (χ4n) is 1.68. The predicted octanol–water partition coefficient (Wildman–Crippen LogP) is 1.00. The summed E-state index contributed by atoms with van der Waals surface area (Å²) in [6, 6.07) is -0.777. The van der Waals surface area contributed by atoms with Crippen LogP contribution in [0.4, 0.5) is 13.2 Å². The van der Waals surface area contributed by atoms with E-state index in [9.17, 15) is 13.2 Å². The molecule has 0 bridgehead atoms. The summed E-state index contributed by atoms with van der Waals surface area (Å²) >= 11 is 0. The van der Waals surface area contributed by atoms with Gasteiger partial charge in [-0.05, 0) is 19.3 Å². The lowest BCUT2D eigenvalue weighted by atomic mass is 9.83. The van der Waals surface area contributed by atoms with Gasteiger partial charge in [0.25, 0.3) is 0 Å². The van der Waals surface area contributed by atoms with E-state index < -0.39 is 12.1 Å². The van der Waals surface area contributed by atoms with E-state index in [0.29, 0.717) is 6.42 Å². The van der Waals surface area contributed by atoms with Crippen LogP contribution in [0.15, 0.2) is 0 Å². The summed E-state index contributed by atoms with van der Waals surface area (Å²) in [4.78, 5) is 0. The molecular formula is C7H13F3N2. The summed E-state index contributed by atoms with van der Waals surface area (Å²) in [5.74, 6) is -1.30. The number of halogens is 3. The van der Waals surface area contributed by atoms with Crippen molar-refractivity contribution in [3.05, 3.63) is 0 Å². The topological polar surface area (TPSA) is 52.0 Å². The Hall–Kier alpha value is -0.290. The highest BCUT2D eigenvalue weighted by molar-refractivity contribution is 4.86. The predicted molar refractivity (Wildman–Crippen MR) is 39.3 cm³/mol. The van der Waals surface area contributed by atoms with Crippen LogP contribution in [0.5, 0.6) is 0 Å². The van der Waals surface area contributed by atoms with Gasteiger partial charge in [0.05, 0.1) is 5.92 Å². The third-order valence-corrected chi connectivity index (χ3v) is 2.24. The van der Waals surface area contributed by atoms with Gasteiger partial charge in [0.15, 0.2) is 0 Å². The molecule has 1 saturated carbocycles. The molecule has 72 valence electrons. The second kappa shape index (κ2) is 3.22. The Bertz CT molecular complexity index is 147. The molecule has 1 fully saturated rings. The number of rotatable bonds is 0. The van der Waals surface area contributed by atoms with E-state index in [1.54, 1.807) is 0 Å². The van der Waals surface area contributed by atoms with E-state index in [4.69, 9.17) is 11.5 Å². The van der Waals surface area contributed by atoms with E-state index >= 15 is 0 Å². The van der Waals surface area contributed by atoms with Crippen LogP contribution < -0.4 is 11.5 Å². The molecule has 0 aromatic heterocycles. The molecule has 2 nitrogen and oxygen atoms in total. The fraction of sp³-hybridized carbons (Fsp3) is 1.00. The molecule has 0 spiro atoms. The first-order chi connectivity index (χ1) is 5.39. The molecule has 0 aromatic carbocycles. The molecule has 0 radical (unpaired) electrons. The van der Waals surface area contributed by atoms with Gasteiger partial charge in [-0.2, -0.15) is 13.2 Å². The lowest BCUT2D eigenvalue weighted by Gasteiger charge is -2.32. The molecule has 12 heavy (non-hydrogen) atoms. The molecule has 0 aromatic rings. The molecule has 1 aliphatic carbocycles. The number of hydrogen-bond donors (Lipinski definition) is 2. The van der Waals surface area contributed by atoms with Crippen molar-refractivity contribution in [1.29, 1.82) is 0 Å². The fourth-order valence-corrected chi connectivity index (χ4v) is 1.68. The van der Waals surface area contributed by atoms with Crippen molar-refractivity contribution in [2.24, 2.45) is 17.4 Å². The Labute approximate surface area is 69.1 Å². The Balaban J connectivity index is 2.55. The first-order valence-electron chi connectivity index (χ1n) is 3.97. The van der Waals surface area contributed by atoms with Gasteiger partial charge in [0, 0.05) is 12.1 Å². The maximum Gasteiger partial charge on any atom is 0.391 e. The van der Waals surface area contributed by atoms with E-state index in [1.165, 1.54) is 0 Å². The van der Waals surface area contributed by atoms with Crippen LogP contribution in [-0.4, -0.2) is 18.3 Å². The summed E-state index contributed by atoms with van der Waals surface area (Å²) in [7, 11) is 0. The van der Waals surface area contributed by atoms with E-state index in [0.717, 1.165) is 0 Å². The van der Waals surface area contributed by atoms with Crippen LogP contribution in [0.2, 0.25) is 0 Å². The highest BCUT2D eigenvalue weighted by Gasteiger charge is 2.43. The molecule has 5 heteroatoms. The van der Waals surface area contributed by atoms with Crippen molar-refractivity contribution >= 4 is 0 Å². The Morgan fingerprint density at radius 2 is 1.33 bits per heavy atom. The van der Waals surface area contributed by atoms with Gasteiger partial charge in [-0.1, -0.05) is 0 Å². The Morgan fingerprint density at radius 1 is 0.917 bits per heavy atom. The van der Waals surface area contributed by atoms with Crippen molar-refractivity contribution in [2.75, 3.05) is 0 Å². The average Bonchev–Trinajstić information content (AvgIpc) is 1.82. The van der Waals surface area contributed by atoms with Gasteiger partial charge < -0.3 is 11.5 Å². The molecule has 0 aliphatic heterocycles. The minimum Gasteiger partial charge on any atom is -0.328 e. The monoisotopic (exact) mass is 182 g/mol. The molecule has 2 unspecified atom stereocenters. The molecule has 4 N–H and O–H groups in total. The van der Waals surface area contributed by atoms with Crippen molar-refractivity contribution in [1.82, 2.24) is 0 Å². The summed E-state index contributed by atoms with van der Waals surface area (Å²) < 4.78 is 36.5. The molecule has 0 heterocycles. The van der Waals surface area contributed by atoms with E-state index in [1.807, 2.05) is 0 Å². The second-order valence-corrected chi connectivity index (χ2v) is 3.47. The number of nitrogens with two attached hydrogens (primary N) is 2.